The summed E-state index contributed by atoms with van der Waals surface area (Å²) in [7, 11) is 0. The van der Waals surface area contributed by atoms with Crippen LogP contribution in [0.1, 0.15) is 50.6 Å². The third-order valence-electron chi connectivity index (χ3n) is 6.65. The first-order valence-corrected chi connectivity index (χ1v) is 13.5. The Morgan fingerprint density at radius 3 is 2.62 bits per heavy atom. The van der Waals surface area contributed by atoms with Crippen LogP contribution in [0, 0.1) is 12.8 Å². The molecule has 0 bridgehead atoms. The minimum atomic E-state index is 0.0389. The zero-order valence-corrected chi connectivity index (χ0v) is 22.1. The number of hydrogen-bond donors (Lipinski definition) is 0. The van der Waals surface area contributed by atoms with Crippen LogP contribution in [-0.4, -0.2) is 9.97 Å². The van der Waals surface area contributed by atoms with Gasteiger partial charge in [-0.1, -0.05) is 34.6 Å². The largest absolute Gasteiger partial charge is 0.438 e. The number of aromatic nitrogens is 2. The van der Waals surface area contributed by atoms with E-state index in [4.69, 9.17) is 9.40 Å². The normalized spacial score (nSPS) is 12.8. The van der Waals surface area contributed by atoms with Crippen molar-refractivity contribution in [2.45, 2.75) is 53.4 Å². The molecule has 172 valence electrons. The van der Waals surface area contributed by atoms with Crippen molar-refractivity contribution in [1.29, 1.82) is 0 Å². The van der Waals surface area contributed by atoms with Crippen molar-refractivity contribution in [1.82, 2.24) is 9.97 Å². The third-order valence-corrected chi connectivity index (χ3v) is 8.89. The summed E-state index contributed by atoms with van der Waals surface area (Å²) < 4.78 is 8.95. The molecule has 0 aliphatic carbocycles. The van der Waals surface area contributed by atoms with E-state index in [9.17, 15) is 0 Å². The van der Waals surface area contributed by atoms with Crippen LogP contribution in [0.2, 0.25) is 0 Å². The Morgan fingerprint density at radius 1 is 1.03 bits per heavy atom. The number of hydrogen-bond acceptors (Lipinski definition) is 5. The van der Waals surface area contributed by atoms with E-state index < -0.39 is 0 Å². The van der Waals surface area contributed by atoms with Crippen LogP contribution in [0.5, 0.6) is 0 Å². The molecule has 0 spiro atoms. The summed E-state index contributed by atoms with van der Waals surface area (Å²) in [5, 5.41) is 6.83. The summed E-state index contributed by atoms with van der Waals surface area (Å²) in [5.74, 6) is 0.639. The molecule has 0 amide bonds. The standard InChI is InChI=1S/C29H28N2OS2/c1-15(2)9-23-16(3)19-12-22-20(13-24(19)34-23)25-26(30-14-31-28(25)32-22)18-10-17-7-8-33-27(17)21(11-18)29(4,5)6/h7-8,10-15H,9H2,1-6H3. The molecule has 4 heterocycles. The molecule has 0 aliphatic rings. The Bertz CT molecular complexity index is 1710. The van der Waals surface area contributed by atoms with Gasteiger partial charge in [0.1, 0.15) is 11.9 Å². The molecule has 0 saturated heterocycles. The highest BCUT2D eigenvalue weighted by molar-refractivity contribution is 7.19. The van der Waals surface area contributed by atoms with E-state index >= 15 is 0 Å². The van der Waals surface area contributed by atoms with Gasteiger partial charge >= 0.3 is 0 Å². The van der Waals surface area contributed by atoms with Crippen LogP contribution in [0.15, 0.2) is 46.5 Å². The molecular formula is C29H28N2OS2. The monoisotopic (exact) mass is 484 g/mol. The molecule has 6 aromatic rings. The maximum absolute atomic E-state index is 6.29. The number of nitrogens with zero attached hydrogens (tertiary/aromatic N) is 2. The number of fused-ring (bicyclic) bond motifs is 5. The minimum absolute atomic E-state index is 0.0389. The Morgan fingerprint density at radius 2 is 1.85 bits per heavy atom. The first-order valence-electron chi connectivity index (χ1n) is 11.8. The highest BCUT2D eigenvalue weighted by Gasteiger charge is 2.22. The summed E-state index contributed by atoms with van der Waals surface area (Å²) >= 11 is 3.72. The molecule has 3 nitrogen and oxygen atoms in total. The Kier molecular flexibility index (Phi) is 4.88. The van der Waals surface area contributed by atoms with Crippen LogP contribution in [-0.2, 0) is 11.8 Å². The molecule has 0 saturated carbocycles. The van der Waals surface area contributed by atoms with E-state index in [0.717, 1.165) is 34.0 Å². The molecule has 0 N–H and O–H groups in total. The lowest BCUT2D eigenvalue weighted by molar-refractivity contribution is 0.597. The number of thiophene rings is 2. The van der Waals surface area contributed by atoms with Gasteiger partial charge in [0, 0.05) is 25.2 Å². The van der Waals surface area contributed by atoms with E-state index in [2.05, 4.69) is 82.2 Å². The van der Waals surface area contributed by atoms with Crippen molar-refractivity contribution < 1.29 is 4.42 Å². The Labute approximate surface area is 207 Å². The first-order chi connectivity index (χ1) is 16.2. The molecule has 0 unspecified atom stereocenters. The average Bonchev–Trinajstić information content (AvgIpc) is 3.46. The Balaban J connectivity index is 1.64. The maximum Gasteiger partial charge on any atom is 0.230 e. The van der Waals surface area contributed by atoms with Crippen molar-refractivity contribution in [2.24, 2.45) is 5.92 Å². The van der Waals surface area contributed by atoms with Crippen LogP contribution in [0.3, 0.4) is 0 Å². The molecule has 0 atom stereocenters. The van der Waals surface area contributed by atoms with E-state index in [1.807, 2.05) is 22.7 Å². The van der Waals surface area contributed by atoms with Gasteiger partial charge in [0.25, 0.3) is 0 Å². The lowest BCUT2D eigenvalue weighted by atomic mass is 9.85. The zero-order valence-electron chi connectivity index (χ0n) is 20.4. The second-order valence-corrected chi connectivity index (χ2v) is 12.8. The fourth-order valence-corrected chi connectivity index (χ4v) is 7.48. The number of aryl methyl sites for hydroxylation is 1. The quantitative estimate of drug-likeness (QED) is 0.251. The van der Waals surface area contributed by atoms with Crippen LogP contribution in [0.4, 0.5) is 0 Å². The van der Waals surface area contributed by atoms with Gasteiger partial charge in [0.15, 0.2) is 0 Å². The predicted octanol–water partition coefficient (Wildman–Crippen LogP) is 9.28. The second kappa shape index (κ2) is 7.62. The molecule has 0 radical (unpaired) electrons. The fraction of sp³-hybridized carbons (Fsp3) is 0.310. The summed E-state index contributed by atoms with van der Waals surface area (Å²) in [4.78, 5) is 10.8. The van der Waals surface area contributed by atoms with Gasteiger partial charge in [0.05, 0.1) is 11.1 Å². The highest BCUT2D eigenvalue weighted by Crippen LogP contribution is 2.42. The van der Waals surface area contributed by atoms with Gasteiger partial charge < -0.3 is 4.42 Å². The van der Waals surface area contributed by atoms with Crippen molar-refractivity contribution in [3.8, 4) is 11.3 Å². The number of benzene rings is 2. The molecule has 0 aliphatic heterocycles. The maximum atomic E-state index is 6.29. The lowest BCUT2D eigenvalue weighted by Gasteiger charge is -2.21. The van der Waals surface area contributed by atoms with Crippen molar-refractivity contribution in [3.63, 3.8) is 0 Å². The predicted molar refractivity (Wildman–Crippen MR) is 147 cm³/mol. The van der Waals surface area contributed by atoms with Gasteiger partial charge in [0.2, 0.25) is 5.71 Å². The molecule has 2 aromatic carbocycles. The number of rotatable bonds is 3. The van der Waals surface area contributed by atoms with E-state index in [1.165, 1.54) is 36.2 Å². The topological polar surface area (TPSA) is 38.9 Å². The van der Waals surface area contributed by atoms with Gasteiger partial charge in [-0.2, -0.15) is 0 Å². The van der Waals surface area contributed by atoms with Crippen molar-refractivity contribution >= 4 is 64.9 Å². The molecule has 6 rings (SSSR count). The first kappa shape index (κ1) is 21.8. The third kappa shape index (κ3) is 3.37. The van der Waals surface area contributed by atoms with Gasteiger partial charge in [-0.3, -0.25) is 0 Å². The molecule has 0 fully saturated rings. The average molecular weight is 485 g/mol. The van der Waals surface area contributed by atoms with Gasteiger partial charge in [-0.05, 0) is 82.3 Å². The molecule has 34 heavy (non-hydrogen) atoms. The fourth-order valence-electron chi connectivity index (χ4n) is 4.93. The lowest BCUT2D eigenvalue weighted by Crippen LogP contribution is -2.11. The van der Waals surface area contributed by atoms with Gasteiger partial charge in [-0.25, -0.2) is 9.97 Å². The number of furan rings is 1. The van der Waals surface area contributed by atoms with Crippen LogP contribution in [0.25, 0.3) is 53.5 Å². The van der Waals surface area contributed by atoms with E-state index in [-0.39, 0.29) is 5.41 Å². The summed E-state index contributed by atoms with van der Waals surface area (Å²) in [6.07, 6.45) is 2.74. The second-order valence-electron chi connectivity index (χ2n) is 10.7. The van der Waals surface area contributed by atoms with Crippen LogP contribution >= 0.6 is 22.7 Å². The zero-order chi connectivity index (χ0) is 23.8. The van der Waals surface area contributed by atoms with E-state index in [0.29, 0.717) is 11.6 Å². The van der Waals surface area contributed by atoms with Crippen molar-refractivity contribution in [2.75, 3.05) is 0 Å². The smallest absolute Gasteiger partial charge is 0.230 e. The summed E-state index contributed by atoms with van der Waals surface area (Å²) in [5.41, 5.74) is 6.36. The molecule has 4 aromatic heterocycles. The minimum Gasteiger partial charge on any atom is -0.438 e. The molecule has 5 heteroatoms. The molecular weight excluding hydrogens is 456 g/mol. The summed E-state index contributed by atoms with van der Waals surface area (Å²) in [6.45, 7) is 13.6. The Hall–Kier alpha value is -2.76. The van der Waals surface area contributed by atoms with Crippen LogP contribution < -0.4 is 0 Å². The summed E-state index contributed by atoms with van der Waals surface area (Å²) in [6, 6.07) is 11.3. The SMILES string of the molecule is Cc1c(CC(C)C)sc2cc3c(cc12)oc1ncnc(-c2cc(C(C)(C)C)c4sccc4c2)c13. The van der Waals surface area contributed by atoms with E-state index in [1.54, 1.807) is 6.33 Å². The highest BCUT2D eigenvalue weighted by atomic mass is 32.1. The van der Waals surface area contributed by atoms with Crippen molar-refractivity contribution in [3.05, 3.63) is 58.0 Å². The van der Waals surface area contributed by atoms with Gasteiger partial charge in [-0.15, -0.1) is 22.7 Å².